The summed E-state index contributed by atoms with van der Waals surface area (Å²) in [7, 11) is 0. The van der Waals surface area contributed by atoms with Gasteiger partial charge in [-0.25, -0.2) is 4.98 Å². The van der Waals surface area contributed by atoms with E-state index in [1.54, 1.807) is 0 Å². The fraction of sp³-hybridized carbons (Fsp3) is 0.565. The molecule has 3 rings (SSSR count). The van der Waals surface area contributed by atoms with Crippen LogP contribution in [0.3, 0.4) is 0 Å². The van der Waals surface area contributed by atoms with E-state index in [1.807, 2.05) is 30.7 Å². The van der Waals surface area contributed by atoms with E-state index in [0.717, 1.165) is 38.6 Å². The van der Waals surface area contributed by atoms with Crippen LogP contribution in [0.1, 0.15) is 38.8 Å². The third kappa shape index (κ3) is 6.32. The number of hydrogen-bond acceptors (Lipinski definition) is 3. The Morgan fingerprint density at radius 1 is 1.34 bits per heavy atom. The second-order valence-electron chi connectivity index (χ2n) is 8.09. The maximum atomic E-state index is 5.89. The van der Waals surface area contributed by atoms with Gasteiger partial charge in [0.25, 0.3) is 0 Å². The van der Waals surface area contributed by atoms with E-state index < -0.39 is 0 Å². The van der Waals surface area contributed by atoms with Crippen LogP contribution in [0.15, 0.2) is 54.0 Å². The molecule has 1 aromatic carbocycles. The number of nitrogens with zero attached hydrogens (tertiary/aromatic N) is 4. The highest BCUT2D eigenvalue weighted by atomic mass is 16.5. The number of imidazole rings is 1. The number of nitrogens with one attached hydrogen (secondary N) is 1. The summed E-state index contributed by atoms with van der Waals surface area (Å²) in [5.74, 6) is 2.02. The molecule has 158 valence electrons. The van der Waals surface area contributed by atoms with Crippen molar-refractivity contribution in [3.8, 4) is 0 Å². The molecule has 1 saturated heterocycles. The summed E-state index contributed by atoms with van der Waals surface area (Å²) in [6, 6.07) is 10.8. The zero-order valence-corrected chi connectivity index (χ0v) is 18.0. The Kier molecular flexibility index (Phi) is 8.11. The van der Waals surface area contributed by atoms with Crippen LogP contribution in [0.2, 0.25) is 0 Å². The van der Waals surface area contributed by atoms with E-state index >= 15 is 0 Å². The summed E-state index contributed by atoms with van der Waals surface area (Å²) in [5.41, 5.74) is 1.21. The fourth-order valence-corrected chi connectivity index (χ4v) is 3.77. The van der Waals surface area contributed by atoms with Gasteiger partial charge < -0.3 is 19.5 Å². The number of hydrogen-bond donors (Lipinski definition) is 1. The topological polar surface area (TPSA) is 54.7 Å². The van der Waals surface area contributed by atoms with Crippen molar-refractivity contribution >= 4 is 5.96 Å². The largest absolute Gasteiger partial charge is 0.376 e. The first kappa shape index (κ1) is 21.4. The zero-order valence-electron chi connectivity index (χ0n) is 18.0. The SMILES string of the molecule is CCNC(=NCC(C)COCc1ccccc1)N1CCC(C)C(n2ccnc2)C1. The zero-order chi connectivity index (χ0) is 20.5. The van der Waals surface area contributed by atoms with Crippen molar-refractivity contribution in [3.05, 3.63) is 54.6 Å². The first-order chi connectivity index (χ1) is 14.2. The van der Waals surface area contributed by atoms with E-state index in [0.29, 0.717) is 31.1 Å². The number of ether oxygens (including phenoxy) is 1. The number of aromatic nitrogens is 2. The number of aliphatic imine (C=N–C) groups is 1. The van der Waals surface area contributed by atoms with Gasteiger partial charge >= 0.3 is 0 Å². The van der Waals surface area contributed by atoms with Gasteiger partial charge in [-0.3, -0.25) is 4.99 Å². The summed E-state index contributed by atoms with van der Waals surface area (Å²) < 4.78 is 8.12. The predicted octanol–water partition coefficient (Wildman–Crippen LogP) is 3.58. The Bertz CT molecular complexity index is 731. The molecule has 6 heteroatoms. The number of likely N-dealkylation sites (tertiary alicyclic amines) is 1. The molecule has 3 unspecified atom stereocenters. The summed E-state index contributed by atoms with van der Waals surface area (Å²) in [6.07, 6.45) is 7.02. The molecule has 1 aromatic heterocycles. The lowest BCUT2D eigenvalue weighted by Gasteiger charge is -2.39. The Morgan fingerprint density at radius 2 is 2.17 bits per heavy atom. The highest BCUT2D eigenvalue weighted by molar-refractivity contribution is 5.80. The van der Waals surface area contributed by atoms with Crippen molar-refractivity contribution in [3.63, 3.8) is 0 Å². The van der Waals surface area contributed by atoms with Gasteiger partial charge in [0, 0.05) is 38.6 Å². The quantitative estimate of drug-likeness (QED) is 0.546. The number of piperidine rings is 1. The van der Waals surface area contributed by atoms with E-state index in [1.165, 1.54) is 5.56 Å². The Morgan fingerprint density at radius 3 is 2.90 bits per heavy atom. The number of guanidine groups is 1. The average Bonchev–Trinajstić information content (AvgIpc) is 3.27. The molecule has 2 heterocycles. The Labute approximate surface area is 175 Å². The van der Waals surface area contributed by atoms with Gasteiger partial charge in [0.05, 0.1) is 25.6 Å². The summed E-state index contributed by atoms with van der Waals surface area (Å²) >= 11 is 0. The summed E-state index contributed by atoms with van der Waals surface area (Å²) in [4.78, 5) is 11.6. The van der Waals surface area contributed by atoms with E-state index in [2.05, 4.69) is 58.9 Å². The van der Waals surface area contributed by atoms with Gasteiger partial charge in [-0.2, -0.15) is 0 Å². The molecule has 6 nitrogen and oxygen atoms in total. The molecule has 0 bridgehead atoms. The Balaban J connectivity index is 1.53. The van der Waals surface area contributed by atoms with E-state index in [9.17, 15) is 0 Å². The predicted molar refractivity (Wildman–Crippen MR) is 118 cm³/mol. The van der Waals surface area contributed by atoms with Crippen LogP contribution in [-0.4, -0.2) is 53.2 Å². The monoisotopic (exact) mass is 397 g/mol. The minimum absolute atomic E-state index is 0.375. The summed E-state index contributed by atoms with van der Waals surface area (Å²) in [6.45, 7) is 11.7. The van der Waals surface area contributed by atoms with Crippen molar-refractivity contribution in [1.29, 1.82) is 0 Å². The van der Waals surface area contributed by atoms with Gasteiger partial charge in [0.2, 0.25) is 0 Å². The molecule has 0 amide bonds. The number of rotatable bonds is 8. The van der Waals surface area contributed by atoms with Crippen LogP contribution in [-0.2, 0) is 11.3 Å². The van der Waals surface area contributed by atoms with Crippen LogP contribution >= 0.6 is 0 Å². The molecule has 29 heavy (non-hydrogen) atoms. The van der Waals surface area contributed by atoms with Crippen molar-refractivity contribution in [1.82, 2.24) is 19.8 Å². The van der Waals surface area contributed by atoms with Crippen molar-refractivity contribution in [2.45, 2.75) is 39.8 Å². The van der Waals surface area contributed by atoms with Crippen molar-refractivity contribution in [2.75, 3.05) is 32.8 Å². The van der Waals surface area contributed by atoms with Crippen molar-refractivity contribution < 1.29 is 4.74 Å². The summed E-state index contributed by atoms with van der Waals surface area (Å²) in [5, 5.41) is 3.48. The maximum absolute atomic E-state index is 5.89. The third-order valence-electron chi connectivity index (χ3n) is 5.53. The minimum Gasteiger partial charge on any atom is -0.376 e. The van der Waals surface area contributed by atoms with Crippen molar-refractivity contribution in [2.24, 2.45) is 16.8 Å². The average molecular weight is 398 g/mol. The number of benzene rings is 1. The standard InChI is InChI=1S/C23H35N5O/c1-4-25-23(26-14-19(2)16-29-17-21-8-6-5-7-9-21)27-12-10-20(3)22(15-27)28-13-11-24-18-28/h5-9,11,13,18-20,22H,4,10,12,14-17H2,1-3H3,(H,25,26). The lowest BCUT2D eigenvalue weighted by molar-refractivity contribution is 0.0943. The smallest absolute Gasteiger partial charge is 0.193 e. The van der Waals surface area contributed by atoms with Crippen LogP contribution in [0.25, 0.3) is 0 Å². The van der Waals surface area contributed by atoms with Gasteiger partial charge in [0.1, 0.15) is 0 Å². The first-order valence-electron chi connectivity index (χ1n) is 10.8. The molecule has 0 spiro atoms. The first-order valence-corrected chi connectivity index (χ1v) is 10.8. The molecule has 0 aliphatic carbocycles. The molecule has 0 radical (unpaired) electrons. The highest BCUT2D eigenvalue weighted by Gasteiger charge is 2.28. The van der Waals surface area contributed by atoms with E-state index in [-0.39, 0.29) is 0 Å². The van der Waals surface area contributed by atoms with Gasteiger partial charge in [-0.1, -0.05) is 44.2 Å². The second-order valence-corrected chi connectivity index (χ2v) is 8.09. The molecular formula is C23H35N5O. The molecule has 0 saturated carbocycles. The second kappa shape index (κ2) is 11.0. The minimum atomic E-state index is 0.375. The highest BCUT2D eigenvalue weighted by Crippen LogP contribution is 2.27. The molecule has 3 atom stereocenters. The molecule has 1 fully saturated rings. The van der Waals surface area contributed by atoms with Crippen LogP contribution in [0, 0.1) is 11.8 Å². The normalized spacial score (nSPS) is 21.2. The molecule has 2 aromatic rings. The van der Waals surface area contributed by atoms with Gasteiger partial charge in [0.15, 0.2) is 5.96 Å². The van der Waals surface area contributed by atoms with Crippen LogP contribution in [0.5, 0.6) is 0 Å². The lowest BCUT2D eigenvalue weighted by Crippen LogP contribution is -2.49. The molecule has 1 aliphatic rings. The van der Waals surface area contributed by atoms with Gasteiger partial charge in [-0.05, 0) is 30.7 Å². The molecule has 1 N–H and O–H groups in total. The van der Waals surface area contributed by atoms with Gasteiger partial charge in [-0.15, -0.1) is 0 Å². The van der Waals surface area contributed by atoms with E-state index in [4.69, 9.17) is 9.73 Å². The Hall–Kier alpha value is -2.34. The van der Waals surface area contributed by atoms with Crippen LogP contribution in [0.4, 0.5) is 0 Å². The lowest BCUT2D eigenvalue weighted by atomic mass is 9.93. The fourth-order valence-electron chi connectivity index (χ4n) is 3.77. The molecule has 1 aliphatic heterocycles. The third-order valence-corrected chi connectivity index (χ3v) is 5.53. The molecular weight excluding hydrogens is 362 g/mol. The maximum Gasteiger partial charge on any atom is 0.193 e. The van der Waals surface area contributed by atoms with Crippen LogP contribution < -0.4 is 5.32 Å².